The van der Waals surface area contributed by atoms with E-state index in [4.69, 9.17) is 4.74 Å². The SMILES string of the molecule is COc1ccc(C)cc1C(=O)Sc1cccccc1=O. The molecule has 0 radical (unpaired) electrons. The molecule has 0 aromatic heterocycles. The first kappa shape index (κ1) is 14.3. The van der Waals surface area contributed by atoms with Crippen molar-refractivity contribution in [3.05, 3.63) is 69.9 Å². The van der Waals surface area contributed by atoms with Crippen molar-refractivity contribution in [1.82, 2.24) is 0 Å². The van der Waals surface area contributed by atoms with E-state index in [9.17, 15) is 9.59 Å². The standard InChI is InChI=1S/C16H14O3S/c1-11-8-9-14(19-2)12(10-11)16(18)20-15-7-5-3-4-6-13(15)17/h3-10H,1-2H3. The smallest absolute Gasteiger partial charge is 0.227 e. The predicted octanol–water partition coefficient (Wildman–Crippen LogP) is 3.30. The van der Waals surface area contributed by atoms with Crippen molar-refractivity contribution in [2.75, 3.05) is 7.11 Å². The van der Waals surface area contributed by atoms with Gasteiger partial charge in [-0.1, -0.05) is 29.8 Å². The van der Waals surface area contributed by atoms with Gasteiger partial charge in [0, 0.05) is 0 Å². The van der Waals surface area contributed by atoms with Crippen LogP contribution in [0.5, 0.6) is 5.75 Å². The fourth-order valence-corrected chi connectivity index (χ4v) is 2.52. The number of methoxy groups -OCH3 is 1. The fraction of sp³-hybridized carbons (Fsp3) is 0.125. The third-order valence-corrected chi connectivity index (χ3v) is 3.70. The average Bonchev–Trinajstić information content (AvgIpc) is 2.64. The lowest BCUT2D eigenvalue weighted by Gasteiger charge is -2.07. The number of hydrogen-bond donors (Lipinski definition) is 0. The summed E-state index contributed by atoms with van der Waals surface area (Å²) in [5.74, 6) is 0.515. The van der Waals surface area contributed by atoms with Gasteiger partial charge in [-0.05, 0) is 43.0 Å². The maximum Gasteiger partial charge on any atom is 0.227 e. The normalized spacial score (nSPS) is 10.1. The zero-order valence-electron chi connectivity index (χ0n) is 11.3. The Balaban J connectivity index is 2.36. The lowest BCUT2D eigenvalue weighted by Crippen LogP contribution is -2.03. The molecule has 0 aliphatic rings. The predicted molar refractivity (Wildman–Crippen MR) is 80.6 cm³/mol. The lowest BCUT2D eigenvalue weighted by atomic mass is 10.1. The van der Waals surface area contributed by atoms with Crippen LogP contribution in [0.3, 0.4) is 0 Å². The van der Waals surface area contributed by atoms with Gasteiger partial charge in [0.1, 0.15) is 5.75 Å². The maximum atomic E-state index is 12.3. The molecule has 3 nitrogen and oxygen atoms in total. The minimum atomic E-state index is -0.200. The minimum absolute atomic E-state index is 0.167. The maximum absolute atomic E-state index is 12.3. The van der Waals surface area contributed by atoms with Gasteiger partial charge in [-0.3, -0.25) is 9.59 Å². The molecule has 0 spiro atoms. The summed E-state index contributed by atoms with van der Waals surface area (Å²) in [6.07, 6.45) is 0. The van der Waals surface area contributed by atoms with Crippen LogP contribution in [0.1, 0.15) is 15.9 Å². The van der Waals surface area contributed by atoms with Gasteiger partial charge >= 0.3 is 0 Å². The van der Waals surface area contributed by atoms with Crippen LogP contribution < -0.4 is 10.2 Å². The topological polar surface area (TPSA) is 43.4 Å². The molecule has 0 heterocycles. The van der Waals surface area contributed by atoms with Gasteiger partial charge in [0.25, 0.3) is 0 Å². The zero-order valence-corrected chi connectivity index (χ0v) is 12.1. The molecule has 20 heavy (non-hydrogen) atoms. The van der Waals surface area contributed by atoms with Crippen molar-refractivity contribution in [3.8, 4) is 5.75 Å². The Kier molecular flexibility index (Phi) is 4.58. The Morgan fingerprint density at radius 3 is 2.60 bits per heavy atom. The van der Waals surface area contributed by atoms with Crippen molar-refractivity contribution in [3.63, 3.8) is 0 Å². The molecule has 0 N–H and O–H groups in total. The van der Waals surface area contributed by atoms with Gasteiger partial charge in [-0.15, -0.1) is 0 Å². The molecule has 102 valence electrons. The van der Waals surface area contributed by atoms with Crippen LogP contribution in [0.25, 0.3) is 0 Å². The second kappa shape index (κ2) is 6.39. The number of hydrogen-bond acceptors (Lipinski definition) is 4. The third-order valence-electron chi connectivity index (χ3n) is 2.74. The third kappa shape index (κ3) is 3.27. The van der Waals surface area contributed by atoms with Crippen LogP contribution in [0.15, 0.2) is 58.2 Å². The fourth-order valence-electron chi connectivity index (χ4n) is 1.73. The summed E-state index contributed by atoms with van der Waals surface area (Å²) in [7, 11) is 1.52. The van der Waals surface area contributed by atoms with Gasteiger partial charge in [0.15, 0.2) is 5.43 Å². The molecule has 2 rings (SSSR count). The summed E-state index contributed by atoms with van der Waals surface area (Å²) in [6, 6.07) is 13.6. The number of carbonyl (C=O) groups is 1. The highest BCUT2D eigenvalue weighted by molar-refractivity contribution is 8.14. The molecule has 0 amide bonds. The first-order valence-electron chi connectivity index (χ1n) is 6.08. The van der Waals surface area contributed by atoms with Gasteiger partial charge in [0.05, 0.1) is 17.6 Å². The van der Waals surface area contributed by atoms with E-state index in [1.807, 2.05) is 13.0 Å². The van der Waals surface area contributed by atoms with E-state index in [-0.39, 0.29) is 10.5 Å². The molecule has 0 unspecified atom stereocenters. The van der Waals surface area contributed by atoms with E-state index < -0.39 is 0 Å². The number of aryl methyl sites for hydroxylation is 1. The van der Waals surface area contributed by atoms with Gasteiger partial charge < -0.3 is 4.74 Å². The highest BCUT2D eigenvalue weighted by atomic mass is 32.2. The second-order valence-corrected chi connectivity index (χ2v) is 5.25. The van der Waals surface area contributed by atoms with Gasteiger partial charge in [-0.25, -0.2) is 0 Å². The highest BCUT2D eigenvalue weighted by Crippen LogP contribution is 2.27. The van der Waals surface area contributed by atoms with Crippen molar-refractivity contribution < 1.29 is 9.53 Å². The quantitative estimate of drug-likeness (QED) is 0.812. The number of thioether (sulfide) groups is 1. The number of carbonyl (C=O) groups excluding carboxylic acids is 1. The molecule has 2 aromatic rings. The number of rotatable bonds is 3. The Labute approximate surface area is 121 Å². The number of ether oxygens (including phenoxy) is 1. The van der Waals surface area contributed by atoms with E-state index in [0.717, 1.165) is 17.3 Å². The van der Waals surface area contributed by atoms with Crippen molar-refractivity contribution in [2.45, 2.75) is 11.8 Å². The summed E-state index contributed by atoms with van der Waals surface area (Å²) in [6.45, 7) is 1.91. The first-order valence-corrected chi connectivity index (χ1v) is 6.89. The second-order valence-electron chi connectivity index (χ2n) is 4.23. The monoisotopic (exact) mass is 286 g/mol. The van der Waals surface area contributed by atoms with E-state index in [1.54, 1.807) is 36.4 Å². The molecule has 0 bridgehead atoms. The van der Waals surface area contributed by atoms with Crippen molar-refractivity contribution >= 4 is 16.9 Å². The molecule has 0 saturated heterocycles. The Bertz CT molecular complexity index is 695. The zero-order chi connectivity index (χ0) is 14.5. The van der Waals surface area contributed by atoms with Gasteiger partial charge in [-0.2, -0.15) is 0 Å². The van der Waals surface area contributed by atoms with E-state index in [0.29, 0.717) is 16.2 Å². The Hall–Kier alpha value is -2.07. The summed E-state index contributed by atoms with van der Waals surface area (Å²) in [5.41, 5.74) is 1.28. The largest absolute Gasteiger partial charge is 0.496 e. The minimum Gasteiger partial charge on any atom is -0.496 e. The molecule has 0 saturated carbocycles. The van der Waals surface area contributed by atoms with E-state index >= 15 is 0 Å². The molecule has 0 atom stereocenters. The Morgan fingerprint density at radius 1 is 1.10 bits per heavy atom. The first-order chi connectivity index (χ1) is 9.61. The van der Waals surface area contributed by atoms with E-state index in [1.165, 1.54) is 13.2 Å². The number of benzene rings is 1. The molecular weight excluding hydrogens is 272 g/mol. The molecular formula is C16H14O3S. The molecule has 4 heteroatoms. The Morgan fingerprint density at radius 2 is 1.85 bits per heavy atom. The van der Waals surface area contributed by atoms with Crippen LogP contribution in [0.2, 0.25) is 0 Å². The summed E-state index contributed by atoms with van der Waals surface area (Å²) in [4.78, 5) is 24.6. The molecule has 0 fully saturated rings. The van der Waals surface area contributed by atoms with Crippen molar-refractivity contribution in [2.24, 2.45) is 0 Å². The van der Waals surface area contributed by atoms with Gasteiger partial charge in [0.2, 0.25) is 5.12 Å². The summed E-state index contributed by atoms with van der Waals surface area (Å²) >= 11 is 0.923. The molecule has 2 aromatic carbocycles. The van der Waals surface area contributed by atoms with Crippen LogP contribution in [-0.2, 0) is 0 Å². The lowest BCUT2D eigenvalue weighted by molar-refractivity contribution is 0.108. The van der Waals surface area contributed by atoms with E-state index in [2.05, 4.69) is 0 Å². The molecule has 0 aliphatic carbocycles. The van der Waals surface area contributed by atoms with Crippen LogP contribution in [0, 0.1) is 6.92 Å². The van der Waals surface area contributed by atoms with Crippen LogP contribution >= 0.6 is 11.8 Å². The summed E-state index contributed by atoms with van der Waals surface area (Å²) < 4.78 is 5.20. The molecule has 0 aliphatic heterocycles. The average molecular weight is 286 g/mol. The summed E-state index contributed by atoms with van der Waals surface area (Å²) in [5, 5.41) is -0.200. The highest BCUT2D eigenvalue weighted by Gasteiger charge is 2.15. The van der Waals surface area contributed by atoms with Crippen LogP contribution in [0.4, 0.5) is 0 Å². The van der Waals surface area contributed by atoms with Crippen LogP contribution in [-0.4, -0.2) is 12.2 Å². The van der Waals surface area contributed by atoms with Crippen molar-refractivity contribution in [1.29, 1.82) is 0 Å².